The fourth-order valence-corrected chi connectivity index (χ4v) is 9.44. The molecule has 1 amide bonds. The Morgan fingerprint density at radius 3 is 2.72 bits per heavy atom. The van der Waals surface area contributed by atoms with Crippen LogP contribution in [0.3, 0.4) is 0 Å². The number of alkyl halides is 1. The number of aromatic hydroxyl groups is 1. The molecular weight excluding hydrogens is 690 g/mol. The van der Waals surface area contributed by atoms with E-state index < -0.39 is 23.1 Å². The molecule has 12 heteroatoms. The average Bonchev–Trinajstić information content (AvgIpc) is 3.81. The summed E-state index contributed by atoms with van der Waals surface area (Å²) < 4.78 is 42.7. The third-order valence-electron chi connectivity index (χ3n) is 12.6. The molecule has 2 atom stereocenters. The first-order valence-corrected chi connectivity index (χ1v) is 19.3. The van der Waals surface area contributed by atoms with Gasteiger partial charge in [-0.3, -0.25) is 9.69 Å². The topological polar surface area (TPSA) is 103 Å². The summed E-state index contributed by atoms with van der Waals surface area (Å²) in [5.74, 6) is 2.66. The van der Waals surface area contributed by atoms with Crippen molar-refractivity contribution in [3.8, 4) is 24.1 Å². The first-order chi connectivity index (χ1) is 26.0. The molecule has 0 unspecified atom stereocenters. The number of hydrogen-bond donors (Lipinski definition) is 2. The number of carbonyl (C=O) groups excluding carboxylic acids is 1. The first-order valence-electron chi connectivity index (χ1n) is 19.3. The van der Waals surface area contributed by atoms with Crippen LogP contribution in [0.4, 0.5) is 20.3 Å². The number of fused-ring (bicyclic) bond motifs is 2. The molecule has 0 radical (unpaired) electrons. The van der Waals surface area contributed by atoms with E-state index in [0.29, 0.717) is 74.5 Å². The van der Waals surface area contributed by atoms with Crippen LogP contribution in [0.15, 0.2) is 36.9 Å². The van der Waals surface area contributed by atoms with Gasteiger partial charge < -0.3 is 29.7 Å². The third kappa shape index (κ3) is 6.97. The summed E-state index contributed by atoms with van der Waals surface area (Å²) in [6, 6.07) is 6.52. The Bertz CT molecular complexity index is 1940. The van der Waals surface area contributed by atoms with E-state index in [1.165, 1.54) is 12.1 Å². The summed E-state index contributed by atoms with van der Waals surface area (Å²) in [5.41, 5.74) is 1.42. The molecular formula is C42H52F2N6O4. The number of ether oxygens (including phenoxy) is 2. The molecule has 3 fully saturated rings. The number of hydrogen-bond acceptors (Lipinski definition) is 9. The second-order valence-electron chi connectivity index (χ2n) is 15.8. The number of amides is 1. The lowest BCUT2D eigenvalue weighted by atomic mass is 9.83. The maximum Gasteiger partial charge on any atom is 0.318 e. The molecule has 3 aliphatic heterocycles. The molecule has 3 aromatic rings. The molecule has 1 saturated carbocycles. The highest BCUT2D eigenvalue weighted by Crippen LogP contribution is 2.43. The molecule has 2 aromatic carbocycles. The van der Waals surface area contributed by atoms with Crippen molar-refractivity contribution in [1.82, 2.24) is 19.8 Å². The smallest absolute Gasteiger partial charge is 0.318 e. The van der Waals surface area contributed by atoms with E-state index in [1.54, 1.807) is 23.1 Å². The number of rotatable bonds is 11. The predicted molar refractivity (Wildman–Crippen MR) is 206 cm³/mol. The molecule has 288 valence electrons. The summed E-state index contributed by atoms with van der Waals surface area (Å²) in [5, 5.41) is 15.5. The normalized spacial score (nSPS) is 23.0. The Morgan fingerprint density at radius 1 is 1.26 bits per heavy atom. The number of anilines is 2. The van der Waals surface area contributed by atoms with E-state index in [9.17, 15) is 9.90 Å². The number of halogens is 2. The zero-order chi connectivity index (χ0) is 38.2. The lowest BCUT2D eigenvalue weighted by Gasteiger charge is -2.46. The van der Waals surface area contributed by atoms with Crippen LogP contribution in [-0.4, -0.2) is 101 Å². The van der Waals surface area contributed by atoms with Gasteiger partial charge in [-0.25, -0.2) is 8.78 Å². The number of nitrogens with zero attached hydrogens (tertiary/aromatic N) is 5. The molecule has 0 bridgehead atoms. The van der Waals surface area contributed by atoms with E-state index in [4.69, 9.17) is 25.9 Å². The number of nitrogens with one attached hydrogen (secondary N) is 1. The summed E-state index contributed by atoms with van der Waals surface area (Å²) in [7, 11) is 1.83. The first kappa shape index (κ1) is 37.8. The van der Waals surface area contributed by atoms with Crippen molar-refractivity contribution in [2.45, 2.75) is 95.1 Å². The third-order valence-corrected chi connectivity index (χ3v) is 12.6. The fraction of sp³-hybridized carbons (Fsp3) is 0.548. The van der Waals surface area contributed by atoms with E-state index in [-0.39, 0.29) is 41.8 Å². The number of phenols is 1. The lowest BCUT2D eigenvalue weighted by Crippen LogP contribution is -2.57. The molecule has 0 spiro atoms. The number of likely N-dealkylation sites (tertiary alicyclic amines) is 1. The van der Waals surface area contributed by atoms with Gasteiger partial charge in [-0.05, 0) is 61.6 Å². The molecule has 2 saturated heterocycles. The molecule has 7 rings (SSSR count). The largest absolute Gasteiger partial charge is 0.508 e. The van der Waals surface area contributed by atoms with Crippen LogP contribution in [0.2, 0.25) is 0 Å². The minimum Gasteiger partial charge on any atom is -0.508 e. The van der Waals surface area contributed by atoms with E-state index >= 15 is 8.78 Å². The Balaban J connectivity index is 1.25. The number of phenolic OH excluding ortho intramolecular Hbond substituents is 1. The Hall–Kier alpha value is -4.47. The molecule has 10 nitrogen and oxygen atoms in total. The molecule has 4 aliphatic rings. The van der Waals surface area contributed by atoms with Gasteiger partial charge in [-0.15, -0.1) is 6.42 Å². The van der Waals surface area contributed by atoms with E-state index in [2.05, 4.69) is 36.6 Å². The van der Waals surface area contributed by atoms with Gasteiger partial charge in [0.2, 0.25) is 5.91 Å². The number of carbonyl (C=O) groups is 1. The van der Waals surface area contributed by atoms with Crippen molar-refractivity contribution in [3.05, 3.63) is 59.6 Å². The van der Waals surface area contributed by atoms with Crippen LogP contribution < -0.4 is 15.0 Å². The van der Waals surface area contributed by atoms with Crippen LogP contribution in [0.5, 0.6) is 11.8 Å². The van der Waals surface area contributed by atoms with Gasteiger partial charge in [0, 0.05) is 75.1 Å². The number of terminal acetylenes is 1. The second kappa shape index (κ2) is 15.3. The zero-order valence-electron chi connectivity index (χ0n) is 31.7. The Kier molecular flexibility index (Phi) is 10.7. The highest BCUT2D eigenvalue weighted by molar-refractivity contribution is 6.00. The van der Waals surface area contributed by atoms with Crippen LogP contribution in [-0.2, 0) is 22.5 Å². The standard InChI is InChI=1S/C42H52F2N6O4/c1-6-32-34(44)11-10-28-20-31(51)21-36(38(28)32)49-17-12-33-35(24-49)46-40(47-39(33)45-25-41(15-8-9-16-41)48(5)37(52)7-2)54-26-42(27(3)4)22-29(43)23-50(42)30-13-18-53-19-14-30/h1,7,10-11,20-21,27,29-30,51H,2,8-9,12-19,22-26H2,3-5H3,(H,45,46,47)/t29-,42+/m1/s1. The Labute approximate surface area is 316 Å². The monoisotopic (exact) mass is 742 g/mol. The van der Waals surface area contributed by atoms with Crippen molar-refractivity contribution in [2.75, 3.05) is 56.7 Å². The van der Waals surface area contributed by atoms with E-state index in [1.807, 2.05) is 11.9 Å². The maximum atomic E-state index is 15.4. The maximum absolute atomic E-state index is 15.4. The molecule has 4 heterocycles. The van der Waals surface area contributed by atoms with Gasteiger partial charge in [-0.2, -0.15) is 9.97 Å². The fourth-order valence-electron chi connectivity index (χ4n) is 9.44. The summed E-state index contributed by atoms with van der Waals surface area (Å²) in [4.78, 5) is 29.0. The van der Waals surface area contributed by atoms with Crippen LogP contribution in [0, 0.1) is 24.1 Å². The van der Waals surface area contributed by atoms with Crippen LogP contribution >= 0.6 is 0 Å². The number of aromatic nitrogens is 2. The predicted octanol–water partition coefficient (Wildman–Crippen LogP) is 6.38. The molecule has 1 aliphatic carbocycles. The van der Waals surface area contributed by atoms with Gasteiger partial charge in [0.15, 0.2) is 0 Å². The average molecular weight is 743 g/mol. The zero-order valence-corrected chi connectivity index (χ0v) is 31.7. The SMILES string of the molecule is C#Cc1c(F)ccc2cc(O)cc(N3CCc4c(nc(OC[C@]5(C(C)C)C[C@@H](F)CN5C5CCOCC5)nc4NCC4(N(C)C(=O)C=C)CCCC4)C3)c12. The summed E-state index contributed by atoms with van der Waals surface area (Å²) >= 11 is 0. The van der Waals surface area contributed by atoms with Crippen molar-refractivity contribution in [3.63, 3.8) is 0 Å². The molecule has 2 N–H and O–H groups in total. The minimum absolute atomic E-state index is 0.0443. The van der Waals surface area contributed by atoms with Crippen LogP contribution in [0.1, 0.15) is 75.6 Å². The van der Waals surface area contributed by atoms with Crippen molar-refractivity contribution < 1.29 is 28.2 Å². The molecule has 1 aromatic heterocycles. The van der Waals surface area contributed by atoms with Gasteiger partial charge in [0.25, 0.3) is 0 Å². The quantitative estimate of drug-likeness (QED) is 0.171. The lowest BCUT2D eigenvalue weighted by molar-refractivity contribution is -0.129. The number of benzene rings is 2. The van der Waals surface area contributed by atoms with Gasteiger partial charge in [0.05, 0.1) is 28.9 Å². The second-order valence-corrected chi connectivity index (χ2v) is 15.8. The van der Waals surface area contributed by atoms with Crippen LogP contribution in [0.25, 0.3) is 10.8 Å². The highest BCUT2D eigenvalue weighted by Gasteiger charge is 2.51. The van der Waals surface area contributed by atoms with Crippen molar-refractivity contribution >= 4 is 28.2 Å². The van der Waals surface area contributed by atoms with Crippen molar-refractivity contribution in [1.29, 1.82) is 0 Å². The van der Waals surface area contributed by atoms with Crippen molar-refractivity contribution in [2.24, 2.45) is 5.92 Å². The number of likely N-dealkylation sites (N-methyl/N-ethyl adjacent to an activating group) is 1. The van der Waals surface area contributed by atoms with E-state index in [0.717, 1.165) is 49.8 Å². The highest BCUT2D eigenvalue weighted by atomic mass is 19.1. The summed E-state index contributed by atoms with van der Waals surface area (Å²) in [6.07, 6.45) is 12.5. The van der Waals surface area contributed by atoms with Gasteiger partial charge in [0.1, 0.15) is 30.2 Å². The van der Waals surface area contributed by atoms with Gasteiger partial charge >= 0.3 is 6.01 Å². The Morgan fingerprint density at radius 2 is 2.02 bits per heavy atom. The molecule has 54 heavy (non-hydrogen) atoms. The summed E-state index contributed by atoms with van der Waals surface area (Å²) in [6.45, 7) is 11.2. The minimum atomic E-state index is -0.971. The van der Waals surface area contributed by atoms with Gasteiger partial charge in [-0.1, -0.05) is 45.3 Å².